The van der Waals surface area contributed by atoms with Crippen LogP contribution in [0, 0.1) is 0 Å². The first-order chi connectivity index (χ1) is 8.38. The third kappa shape index (κ3) is 3.71. The number of nitrogens with one attached hydrogen (secondary N) is 1. The van der Waals surface area contributed by atoms with E-state index in [1.807, 2.05) is 26.2 Å². The number of likely N-dealkylation sites (N-methyl/N-ethyl adjacent to an activating group) is 1. The summed E-state index contributed by atoms with van der Waals surface area (Å²) in [5.74, 6) is 0.120. The summed E-state index contributed by atoms with van der Waals surface area (Å²) in [5, 5.41) is 3.21. The molecule has 1 aromatic carbocycles. The van der Waals surface area contributed by atoms with E-state index in [0.29, 0.717) is 23.2 Å². The molecular weight excluding hydrogens is 248 g/mol. The molecule has 0 aliphatic heterocycles. The predicted molar refractivity (Wildman–Crippen MR) is 75.8 cm³/mol. The van der Waals surface area contributed by atoms with E-state index < -0.39 is 9.84 Å². The summed E-state index contributed by atoms with van der Waals surface area (Å²) < 4.78 is 23.9. The molecule has 0 bridgehead atoms. The minimum Gasteiger partial charge on any atom is -0.382 e. The second-order valence-electron chi connectivity index (χ2n) is 4.59. The lowest BCUT2D eigenvalue weighted by Gasteiger charge is -2.21. The molecule has 1 unspecified atom stereocenters. The Morgan fingerprint density at radius 3 is 2.44 bits per heavy atom. The third-order valence-corrected chi connectivity index (χ3v) is 4.86. The Balaban J connectivity index is 2.91. The number of rotatable bonds is 6. The molecule has 0 saturated heterocycles. The molecule has 0 spiro atoms. The van der Waals surface area contributed by atoms with Gasteiger partial charge in [0.05, 0.1) is 16.3 Å². The minimum absolute atomic E-state index is 0.120. The first-order valence-corrected chi connectivity index (χ1v) is 7.75. The summed E-state index contributed by atoms with van der Waals surface area (Å²) in [6, 6.07) is 7.40. The Bertz CT molecular complexity index is 484. The van der Waals surface area contributed by atoms with Gasteiger partial charge in [0.1, 0.15) is 0 Å². The van der Waals surface area contributed by atoms with E-state index in [-0.39, 0.29) is 5.75 Å². The zero-order valence-corrected chi connectivity index (χ0v) is 12.3. The van der Waals surface area contributed by atoms with E-state index in [0.717, 1.165) is 0 Å². The van der Waals surface area contributed by atoms with Crippen molar-refractivity contribution in [1.29, 1.82) is 0 Å². The highest BCUT2D eigenvalue weighted by Gasteiger charge is 2.16. The monoisotopic (exact) mass is 270 g/mol. The molecular formula is C13H22N2O2S. The largest absolute Gasteiger partial charge is 0.382 e. The molecule has 0 heterocycles. The predicted octanol–water partition coefficient (Wildman–Crippen LogP) is 1.84. The van der Waals surface area contributed by atoms with Crippen molar-refractivity contribution in [2.24, 2.45) is 0 Å². The van der Waals surface area contributed by atoms with Crippen LogP contribution in [-0.2, 0) is 9.84 Å². The van der Waals surface area contributed by atoms with Crippen LogP contribution in [0.25, 0.3) is 0 Å². The molecule has 0 amide bonds. The Kier molecular flexibility index (Phi) is 5.16. The van der Waals surface area contributed by atoms with Crippen LogP contribution in [0.5, 0.6) is 0 Å². The topological polar surface area (TPSA) is 49.4 Å². The lowest BCUT2D eigenvalue weighted by Crippen LogP contribution is -2.31. The highest BCUT2D eigenvalue weighted by molar-refractivity contribution is 7.91. The summed E-state index contributed by atoms with van der Waals surface area (Å²) in [5.41, 5.74) is 0.688. The van der Waals surface area contributed by atoms with Crippen LogP contribution in [0.2, 0.25) is 0 Å². The van der Waals surface area contributed by atoms with E-state index in [1.165, 1.54) is 0 Å². The van der Waals surface area contributed by atoms with E-state index in [4.69, 9.17) is 0 Å². The average Bonchev–Trinajstić information content (AvgIpc) is 2.36. The van der Waals surface area contributed by atoms with Gasteiger partial charge in [0.25, 0.3) is 0 Å². The highest BCUT2D eigenvalue weighted by Crippen LogP contribution is 2.21. The Morgan fingerprint density at radius 1 is 1.28 bits per heavy atom. The van der Waals surface area contributed by atoms with Crippen molar-refractivity contribution < 1.29 is 8.42 Å². The van der Waals surface area contributed by atoms with Crippen LogP contribution < -0.4 is 5.32 Å². The van der Waals surface area contributed by atoms with Crippen LogP contribution in [0.3, 0.4) is 0 Å². The molecule has 102 valence electrons. The van der Waals surface area contributed by atoms with Gasteiger partial charge in [-0.2, -0.15) is 0 Å². The lowest BCUT2D eigenvalue weighted by atomic mass is 10.2. The summed E-state index contributed by atoms with van der Waals surface area (Å²) in [4.78, 5) is 2.47. The van der Waals surface area contributed by atoms with Crippen LogP contribution in [0.15, 0.2) is 29.2 Å². The molecule has 0 aliphatic carbocycles. The van der Waals surface area contributed by atoms with E-state index in [1.54, 1.807) is 19.1 Å². The minimum atomic E-state index is -3.17. The molecule has 0 radical (unpaired) electrons. The Labute approximate surface area is 110 Å². The number of para-hydroxylation sites is 1. The van der Waals surface area contributed by atoms with Crippen molar-refractivity contribution in [2.75, 3.05) is 31.7 Å². The molecule has 1 rings (SSSR count). The standard InChI is InChI=1S/C13H22N2O2S/c1-5-18(16,17)13-9-7-6-8-12(13)14-10-11(2)15(3)4/h6-9,11,14H,5,10H2,1-4H3. The first-order valence-electron chi connectivity index (χ1n) is 6.10. The lowest BCUT2D eigenvalue weighted by molar-refractivity contribution is 0.326. The molecule has 0 aliphatic rings. The molecule has 0 saturated carbocycles. The van der Waals surface area contributed by atoms with Crippen LogP contribution in [-0.4, -0.2) is 45.8 Å². The Hall–Kier alpha value is -1.07. The quantitative estimate of drug-likeness (QED) is 0.857. The first kappa shape index (κ1) is 15.0. The van der Waals surface area contributed by atoms with Crippen molar-refractivity contribution in [2.45, 2.75) is 24.8 Å². The SMILES string of the molecule is CCS(=O)(=O)c1ccccc1NCC(C)N(C)C. The second kappa shape index (κ2) is 6.20. The van der Waals surface area contributed by atoms with Gasteiger partial charge in [-0.05, 0) is 33.2 Å². The normalized spacial score (nSPS) is 13.6. The maximum absolute atomic E-state index is 11.9. The van der Waals surface area contributed by atoms with Crippen molar-refractivity contribution in [3.63, 3.8) is 0 Å². The number of hydrogen-bond donors (Lipinski definition) is 1. The maximum Gasteiger partial charge on any atom is 0.180 e. The summed E-state index contributed by atoms with van der Waals surface area (Å²) in [7, 11) is 0.829. The third-order valence-electron chi connectivity index (χ3n) is 3.07. The van der Waals surface area contributed by atoms with Crippen molar-refractivity contribution in [3.05, 3.63) is 24.3 Å². The maximum atomic E-state index is 11.9. The smallest absolute Gasteiger partial charge is 0.180 e. The zero-order valence-electron chi connectivity index (χ0n) is 11.5. The molecule has 4 nitrogen and oxygen atoms in total. The molecule has 1 atom stereocenters. The number of sulfone groups is 1. The molecule has 1 aromatic rings. The fourth-order valence-corrected chi connectivity index (χ4v) is 2.55. The number of nitrogens with zero attached hydrogens (tertiary/aromatic N) is 1. The van der Waals surface area contributed by atoms with Gasteiger partial charge in [0, 0.05) is 12.6 Å². The summed E-state index contributed by atoms with van der Waals surface area (Å²) >= 11 is 0. The van der Waals surface area contributed by atoms with Crippen LogP contribution in [0.4, 0.5) is 5.69 Å². The van der Waals surface area contributed by atoms with Crippen LogP contribution >= 0.6 is 0 Å². The van der Waals surface area contributed by atoms with Crippen molar-refractivity contribution in [3.8, 4) is 0 Å². The van der Waals surface area contributed by atoms with Crippen molar-refractivity contribution in [1.82, 2.24) is 4.90 Å². The fourth-order valence-electron chi connectivity index (χ4n) is 1.48. The number of anilines is 1. The second-order valence-corrected chi connectivity index (χ2v) is 6.84. The Morgan fingerprint density at radius 2 is 1.89 bits per heavy atom. The molecule has 0 fully saturated rings. The van der Waals surface area contributed by atoms with Gasteiger partial charge in [-0.25, -0.2) is 8.42 Å². The van der Waals surface area contributed by atoms with Crippen molar-refractivity contribution >= 4 is 15.5 Å². The van der Waals surface area contributed by atoms with Gasteiger partial charge in [-0.1, -0.05) is 19.1 Å². The molecule has 18 heavy (non-hydrogen) atoms. The molecule has 5 heteroatoms. The van der Waals surface area contributed by atoms with E-state index >= 15 is 0 Å². The van der Waals surface area contributed by atoms with Gasteiger partial charge >= 0.3 is 0 Å². The van der Waals surface area contributed by atoms with Gasteiger partial charge in [0.15, 0.2) is 9.84 Å². The van der Waals surface area contributed by atoms with E-state index in [9.17, 15) is 8.42 Å². The summed E-state index contributed by atoms with van der Waals surface area (Å²) in [6.45, 7) is 4.46. The van der Waals surface area contributed by atoms with Crippen LogP contribution in [0.1, 0.15) is 13.8 Å². The molecule has 0 aromatic heterocycles. The van der Waals surface area contributed by atoms with Gasteiger partial charge < -0.3 is 10.2 Å². The molecule has 1 N–H and O–H groups in total. The summed E-state index contributed by atoms with van der Waals surface area (Å²) in [6.07, 6.45) is 0. The van der Waals surface area contributed by atoms with Gasteiger partial charge in [-0.3, -0.25) is 0 Å². The number of benzene rings is 1. The van der Waals surface area contributed by atoms with Gasteiger partial charge in [0.2, 0.25) is 0 Å². The highest BCUT2D eigenvalue weighted by atomic mass is 32.2. The zero-order chi connectivity index (χ0) is 13.8. The average molecular weight is 270 g/mol. The number of hydrogen-bond acceptors (Lipinski definition) is 4. The van der Waals surface area contributed by atoms with Gasteiger partial charge in [-0.15, -0.1) is 0 Å². The van der Waals surface area contributed by atoms with E-state index in [2.05, 4.69) is 17.1 Å². The fraction of sp³-hybridized carbons (Fsp3) is 0.538.